The van der Waals surface area contributed by atoms with Crippen LogP contribution in [0.5, 0.6) is 0 Å². The number of carbonyl (C=O) groups is 1. The molecule has 1 unspecified atom stereocenters. The van der Waals surface area contributed by atoms with Crippen molar-refractivity contribution >= 4 is 5.97 Å². The van der Waals surface area contributed by atoms with Crippen LogP contribution in [0.25, 0.3) is 0 Å². The van der Waals surface area contributed by atoms with Crippen LogP contribution in [0.15, 0.2) is 0 Å². The van der Waals surface area contributed by atoms with Crippen LogP contribution in [0.3, 0.4) is 0 Å². The number of nitrogens with zero attached hydrogens (tertiary/aromatic N) is 2. The maximum atomic E-state index is 12.2. The number of methoxy groups -OCH3 is 1. The summed E-state index contributed by atoms with van der Waals surface area (Å²) in [5.41, 5.74) is 0. The molecule has 0 aromatic rings. The van der Waals surface area contributed by atoms with Gasteiger partial charge in [0.25, 0.3) is 0 Å². The third-order valence-corrected chi connectivity index (χ3v) is 4.94. The molecule has 21 heavy (non-hydrogen) atoms. The van der Waals surface area contributed by atoms with Gasteiger partial charge in [-0.15, -0.1) is 0 Å². The van der Waals surface area contributed by atoms with Crippen LogP contribution in [0.1, 0.15) is 26.7 Å². The lowest BCUT2D eigenvalue weighted by atomic mass is 9.83. The minimum atomic E-state index is -0.0375. The number of morpholine rings is 1. The summed E-state index contributed by atoms with van der Waals surface area (Å²) in [5, 5.41) is 0. The first-order valence-electron chi connectivity index (χ1n) is 8.23. The van der Waals surface area contributed by atoms with Crippen molar-refractivity contribution in [3.05, 3.63) is 0 Å². The summed E-state index contributed by atoms with van der Waals surface area (Å²) in [6, 6.07) is 0.599. The van der Waals surface area contributed by atoms with E-state index in [-0.39, 0.29) is 11.9 Å². The summed E-state index contributed by atoms with van der Waals surface area (Å²) < 4.78 is 10.5. The number of ether oxygens (including phenoxy) is 2. The average Bonchev–Trinajstić information content (AvgIpc) is 2.53. The van der Waals surface area contributed by atoms with Gasteiger partial charge in [0.1, 0.15) is 0 Å². The molecule has 0 N–H and O–H groups in total. The standard InChI is InChI=1S/C16H30N2O3/c1-13(2)18-6-4-14(5-7-18)15(16(19)20-3)12-17-8-10-21-11-9-17/h13-15H,4-12H2,1-3H3. The van der Waals surface area contributed by atoms with E-state index in [9.17, 15) is 4.79 Å². The van der Waals surface area contributed by atoms with Gasteiger partial charge in [-0.2, -0.15) is 0 Å². The number of rotatable bonds is 5. The Kier molecular flexibility index (Phi) is 6.45. The van der Waals surface area contributed by atoms with Gasteiger partial charge in [-0.1, -0.05) is 0 Å². The molecule has 1 atom stereocenters. The average molecular weight is 298 g/mol. The fourth-order valence-electron chi connectivity index (χ4n) is 3.47. The summed E-state index contributed by atoms with van der Waals surface area (Å²) in [5.74, 6) is 0.433. The second kappa shape index (κ2) is 8.11. The first-order valence-corrected chi connectivity index (χ1v) is 8.23. The Hall–Kier alpha value is -0.650. The van der Waals surface area contributed by atoms with Crippen molar-refractivity contribution in [3.8, 4) is 0 Å². The second-order valence-electron chi connectivity index (χ2n) is 6.51. The van der Waals surface area contributed by atoms with Gasteiger partial charge in [0.2, 0.25) is 0 Å². The quantitative estimate of drug-likeness (QED) is 0.714. The summed E-state index contributed by atoms with van der Waals surface area (Å²) in [7, 11) is 1.51. The van der Waals surface area contributed by atoms with Gasteiger partial charge in [0, 0.05) is 25.7 Å². The van der Waals surface area contributed by atoms with Crippen LogP contribution in [0, 0.1) is 11.8 Å². The molecule has 0 saturated carbocycles. The van der Waals surface area contributed by atoms with E-state index in [2.05, 4.69) is 23.6 Å². The van der Waals surface area contributed by atoms with Crippen LogP contribution in [-0.2, 0) is 14.3 Å². The van der Waals surface area contributed by atoms with Gasteiger partial charge < -0.3 is 14.4 Å². The van der Waals surface area contributed by atoms with E-state index in [1.165, 1.54) is 7.11 Å². The molecule has 2 rings (SSSR count). The van der Waals surface area contributed by atoms with Crippen LogP contribution in [-0.4, -0.2) is 74.9 Å². The zero-order chi connectivity index (χ0) is 15.2. The Morgan fingerprint density at radius 2 is 1.81 bits per heavy atom. The highest BCUT2D eigenvalue weighted by Crippen LogP contribution is 2.28. The number of piperidine rings is 1. The molecule has 0 bridgehead atoms. The molecule has 2 saturated heterocycles. The predicted molar refractivity (Wildman–Crippen MR) is 82.2 cm³/mol. The van der Waals surface area contributed by atoms with E-state index in [4.69, 9.17) is 9.47 Å². The van der Waals surface area contributed by atoms with Crippen LogP contribution >= 0.6 is 0 Å². The molecule has 5 nitrogen and oxygen atoms in total. The van der Waals surface area contributed by atoms with E-state index in [0.717, 1.165) is 58.8 Å². The topological polar surface area (TPSA) is 42.0 Å². The minimum Gasteiger partial charge on any atom is -0.469 e. The number of carbonyl (C=O) groups excluding carboxylic acids is 1. The van der Waals surface area contributed by atoms with Crippen LogP contribution < -0.4 is 0 Å². The third-order valence-electron chi connectivity index (χ3n) is 4.94. The smallest absolute Gasteiger partial charge is 0.310 e. The van der Waals surface area contributed by atoms with Crippen LogP contribution in [0.2, 0.25) is 0 Å². The summed E-state index contributed by atoms with van der Waals surface area (Å²) >= 11 is 0. The Morgan fingerprint density at radius 3 is 2.33 bits per heavy atom. The molecule has 0 aromatic carbocycles. The molecule has 122 valence electrons. The first kappa shape index (κ1) is 16.7. The van der Waals surface area contributed by atoms with Gasteiger partial charge in [-0.25, -0.2) is 0 Å². The molecule has 2 aliphatic heterocycles. The summed E-state index contributed by atoms with van der Waals surface area (Å²) in [6.45, 7) is 10.9. The van der Waals surface area contributed by atoms with E-state index >= 15 is 0 Å². The van der Waals surface area contributed by atoms with Crippen molar-refractivity contribution < 1.29 is 14.3 Å². The lowest BCUT2D eigenvalue weighted by Gasteiger charge is -2.39. The van der Waals surface area contributed by atoms with Crippen molar-refractivity contribution in [2.75, 3.05) is 53.0 Å². The Labute approximate surface area is 128 Å². The molecule has 0 radical (unpaired) electrons. The molecule has 0 amide bonds. The highest BCUT2D eigenvalue weighted by atomic mass is 16.5. The van der Waals surface area contributed by atoms with Gasteiger partial charge in [0.05, 0.1) is 26.2 Å². The maximum absolute atomic E-state index is 12.2. The number of likely N-dealkylation sites (tertiary alicyclic amines) is 1. The van der Waals surface area contributed by atoms with Crippen molar-refractivity contribution in [1.82, 2.24) is 9.80 Å². The van der Waals surface area contributed by atoms with E-state index in [0.29, 0.717) is 12.0 Å². The second-order valence-corrected chi connectivity index (χ2v) is 6.51. The van der Waals surface area contributed by atoms with E-state index in [1.807, 2.05) is 0 Å². The number of hydrogen-bond acceptors (Lipinski definition) is 5. The third kappa shape index (κ3) is 4.66. The minimum absolute atomic E-state index is 0.0161. The largest absolute Gasteiger partial charge is 0.469 e. The SMILES string of the molecule is COC(=O)C(CN1CCOCC1)C1CCN(C(C)C)CC1. The molecule has 0 aromatic heterocycles. The Balaban J connectivity index is 1.91. The molecule has 2 aliphatic rings. The maximum Gasteiger partial charge on any atom is 0.310 e. The van der Waals surface area contributed by atoms with E-state index in [1.54, 1.807) is 0 Å². The molecule has 2 fully saturated rings. The number of hydrogen-bond donors (Lipinski definition) is 0. The highest BCUT2D eigenvalue weighted by Gasteiger charge is 2.34. The Bertz CT molecular complexity index is 321. The van der Waals surface area contributed by atoms with Gasteiger partial charge in [-0.05, 0) is 45.7 Å². The first-order chi connectivity index (χ1) is 10.1. The summed E-state index contributed by atoms with van der Waals surface area (Å²) in [4.78, 5) is 17.1. The van der Waals surface area contributed by atoms with Gasteiger partial charge in [-0.3, -0.25) is 9.69 Å². The number of esters is 1. The van der Waals surface area contributed by atoms with Gasteiger partial charge in [0.15, 0.2) is 0 Å². The zero-order valence-electron chi connectivity index (χ0n) is 13.7. The normalized spacial score (nSPS) is 24.2. The molecule has 0 aliphatic carbocycles. The molecule has 2 heterocycles. The predicted octanol–water partition coefficient (Wildman–Crippen LogP) is 1.23. The Morgan fingerprint density at radius 1 is 1.19 bits per heavy atom. The molecule has 5 heteroatoms. The monoisotopic (exact) mass is 298 g/mol. The highest BCUT2D eigenvalue weighted by molar-refractivity contribution is 5.73. The summed E-state index contributed by atoms with van der Waals surface area (Å²) in [6.07, 6.45) is 2.20. The molecule has 0 spiro atoms. The lowest BCUT2D eigenvalue weighted by Crippen LogP contribution is -2.46. The van der Waals surface area contributed by atoms with Gasteiger partial charge >= 0.3 is 5.97 Å². The van der Waals surface area contributed by atoms with Crippen molar-refractivity contribution in [1.29, 1.82) is 0 Å². The van der Waals surface area contributed by atoms with E-state index < -0.39 is 0 Å². The van der Waals surface area contributed by atoms with Crippen LogP contribution in [0.4, 0.5) is 0 Å². The lowest BCUT2D eigenvalue weighted by molar-refractivity contribution is -0.149. The van der Waals surface area contributed by atoms with Crippen molar-refractivity contribution in [2.45, 2.75) is 32.7 Å². The molecular formula is C16H30N2O3. The zero-order valence-corrected chi connectivity index (χ0v) is 13.7. The fourth-order valence-corrected chi connectivity index (χ4v) is 3.47. The van der Waals surface area contributed by atoms with Crippen molar-refractivity contribution in [2.24, 2.45) is 11.8 Å². The fraction of sp³-hybridized carbons (Fsp3) is 0.938. The molecular weight excluding hydrogens is 268 g/mol. The van der Waals surface area contributed by atoms with Crippen molar-refractivity contribution in [3.63, 3.8) is 0 Å².